The molecule has 0 atom stereocenters. The Morgan fingerprint density at radius 2 is 1.56 bits per heavy atom. The van der Waals surface area contributed by atoms with Gasteiger partial charge in [0.25, 0.3) is 0 Å². The fourth-order valence-corrected chi connectivity index (χ4v) is 2.14. The van der Waals surface area contributed by atoms with Gasteiger partial charge in [-0.15, -0.1) is 11.8 Å². The molecule has 0 aliphatic carbocycles. The van der Waals surface area contributed by atoms with E-state index in [0.717, 1.165) is 10.6 Å². The molecular formula is C14H13ClS. The van der Waals surface area contributed by atoms with Crippen LogP contribution in [0.4, 0.5) is 0 Å². The van der Waals surface area contributed by atoms with E-state index in [1.807, 2.05) is 13.0 Å². The van der Waals surface area contributed by atoms with Crippen molar-refractivity contribution in [2.24, 2.45) is 0 Å². The van der Waals surface area contributed by atoms with Gasteiger partial charge in [0.2, 0.25) is 0 Å². The van der Waals surface area contributed by atoms with Crippen molar-refractivity contribution in [2.45, 2.75) is 11.8 Å². The van der Waals surface area contributed by atoms with Gasteiger partial charge < -0.3 is 0 Å². The number of aryl methyl sites for hydroxylation is 1. The molecule has 0 spiro atoms. The Balaban J connectivity index is 2.38. The number of halogens is 1. The summed E-state index contributed by atoms with van der Waals surface area (Å²) in [4.78, 5) is 1.28. The minimum atomic E-state index is 0.825. The molecule has 0 aromatic heterocycles. The molecule has 0 aliphatic rings. The second kappa shape index (κ2) is 4.94. The molecule has 0 radical (unpaired) electrons. The van der Waals surface area contributed by atoms with E-state index in [-0.39, 0.29) is 0 Å². The van der Waals surface area contributed by atoms with Gasteiger partial charge in [-0.2, -0.15) is 0 Å². The zero-order chi connectivity index (χ0) is 11.5. The number of rotatable bonds is 2. The zero-order valence-corrected chi connectivity index (χ0v) is 10.9. The van der Waals surface area contributed by atoms with Crippen molar-refractivity contribution < 1.29 is 0 Å². The molecule has 0 bridgehead atoms. The first-order valence-corrected chi connectivity index (χ1v) is 6.71. The summed E-state index contributed by atoms with van der Waals surface area (Å²) in [6.45, 7) is 2.02. The monoisotopic (exact) mass is 248 g/mol. The highest BCUT2D eigenvalue weighted by Crippen LogP contribution is 2.26. The smallest absolute Gasteiger partial charge is 0.0441 e. The molecule has 2 rings (SSSR count). The summed E-state index contributed by atoms with van der Waals surface area (Å²) in [5.74, 6) is 0. The van der Waals surface area contributed by atoms with Crippen molar-refractivity contribution in [2.75, 3.05) is 6.26 Å². The van der Waals surface area contributed by atoms with Gasteiger partial charge in [0.1, 0.15) is 0 Å². The molecule has 16 heavy (non-hydrogen) atoms. The first kappa shape index (κ1) is 11.6. The lowest BCUT2D eigenvalue weighted by atomic mass is 10.0. The van der Waals surface area contributed by atoms with Gasteiger partial charge in [0.15, 0.2) is 0 Å². The Morgan fingerprint density at radius 3 is 2.12 bits per heavy atom. The van der Waals surface area contributed by atoms with Crippen LogP contribution in [0.5, 0.6) is 0 Å². The largest absolute Gasteiger partial charge is 0.130 e. The molecular weight excluding hydrogens is 236 g/mol. The maximum absolute atomic E-state index is 6.12. The van der Waals surface area contributed by atoms with Gasteiger partial charge in [0, 0.05) is 9.92 Å². The second-order valence-corrected chi connectivity index (χ2v) is 4.98. The van der Waals surface area contributed by atoms with E-state index in [9.17, 15) is 0 Å². The van der Waals surface area contributed by atoms with E-state index >= 15 is 0 Å². The van der Waals surface area contributed by atoms with E-state index < -0.39 is 0 Å². The summed E-state index contributed by atoms with van der Waals surface area (Å²) >= 11 is 7.87. The molecule has 0 N–H and O–H groups in total. The highest BCUT2D eigenvalue weighted by atomic mass is 35.5. The van der Waals surface area contributed by atoms with Gasteiger partial charge in [-0.25, -0.2) is 0 Å². The molecule has 0 aliphatic heterocycles. The molecule has 2 heteroatoms. The third kappa shape index (κ3) is 2.42. The summed E-state index contributed by atoms with van der Waals surface area (Å²) in [7, 11) is 0. The van der Waals surface area contributed by atoms with E-state index in [4.69, 9.17) is 11.6 Å². The number of benzene rings is 2. The van der Waals surface area contributed by atoms with Crippen LogP contribution < -0.4 is 0 Å². The van der Waals surface area contributed by atoms with Crippen LogP contribution in [0.2, 0.25) is 5.02 Å². The maximum atomic E-state index is 6.12. The van der Waals surface area contributed by atoms with Crippen LogP contribution in [0.25, 0.3) is 11.1 Å². The Kier molecular flexibility index (Phi) is 3.57. The minimum Gasteiger partial charge on any atom is -0.130 e. The molecule has 0 fully saturated rings. The van der Waals surface area contributed by atoms with Crippen LogP contribution in [-0.4, -0.2) is 6.26 Å². The Labute approximate surface area is 106 Å². The van der Waals surface area contributed by atoms with Crippen LogP contribution in [0.1, 0.15) is 5.56 Å². The fraction of sp³-hybridized carbons (Fsp3) is 0.143. The number of hydrogen-bond donors (Lipinski definition) is 0. The normalized spacial score (nSPS) is 10.4. The van der Waals surface area contributed by atoms with Crippen LogP contribution in [0.15, 0.2) is 47.4 Å². The van der Waals surface area contributed by atoms with Crippen molar-refractivity contribution in [3.8, 4) is 11.1 Å². The minimum absolute atomic E-state index is 0.825. The average molecular weight is 249 g/mol. The third-order valence-electron chi connectivity index (χ3n) is 2.60. The SMILES string of the molecule is CSc1ccc(-c2ccc(C)c(Cl)c2)cc1. The first-order chi connectivity index (χ1) is 7.70. The summed E-state index contributed by atoms with van der Waals surface area (Å²) < 4.78 is 0. The molecule has 0 saturated heterocycles. The Bertz CT molecular complexity index is 489. The quantitative estimate of drug-likeness (QED) is 0.671. The summed E-state index contributed by atoms with van der Waals surface area (Å²) in [6.07, 6.45) is 2.08. The summed E-state index contributed by atoms with van der Waals surface area (Å²) in [5, 5.41) is 0.825. The van der Waals surface area contributed by atoms with Gasteiger partial charge in [-0.05, 0) is 48.1 Å². The standard InChI is InChI=1S/C14H13ClS/c1-10-3-4-12(9-14(10)15)11-5-7-13(16-2)8-6-11/h3-9H,1-2H3. The van der Waals surface area contributed by atoms with Gasteiger partial charge in [-0.3, -0.25) is 0 Å². The lowest BCUT2D eigenvalue weighted by molar-refractivity contribution is 1.44. The molecule has 2 aromatic carbocycles. The second-order valence-electron chi connectivity index (χ2n) is 3.69. The van der Waals surface area contributed by atoms with Gasteiger partial charge in [0.05, 0.1) is 0 Å². The molecule has 0 heterocycles. The van der Waals surface area contributed by atoms with Crippen molar-refractivity contribution >= 4 is 23.4 Å². The van der Waals surface area contributed by atoms with Crippen LogP contribution >= 0.6 is 23.4 Å². The first-order valence-electron chi connectivity index (χ1n) is 5.11. The average Bonchev–Trinajstić information content (AvgIpc) is 2.33. The summed E-state index contributed by atoms with van der Waals surface area (Å²) in [6, 6.07) is 14.7. The fourth-order valence-electron chi connectivity index (χ4n) is 1.56. The molecule has 82 valence electrons. The lowest BCUT2D eigenvalue weighted by Gasteiger charge is -2.05. The topological polar surface area (TPSA) is 0 Å². The van der Waals surface area contributed by atoms with Crippen molar-refractivity contribution in [1.29, 1.82) is 0 Å². The highest BCUT2D eigenvalue weighted by Gasteiger charge is 2.00. The Morgan fingerprint density at radius 1 is 0.938 bits per heavy atom. The number of thioether (sulfide) groups is 1. The van der Waals surface area contributed by atoms with Gasteiger partial charge >= 0.3 is 0 Å². The third-order valence-corrected chi connectivity index (χ3v) is 3.75. The molecule has 0 saturated carbocycles. The van der Waals surface area contributed by atoms with Crippen LogP contribution in [0, 0.1) is 6.92 Å². The zero-order valence-electron chi connectivity index (χ0n) is 9.33. The van der Waals surface area contributed by atoms with E-state index in [1.165, 1.54) is 16.0 Å². The van der Waals surface area contributed by atoms with Gasteiger partial charge in [-0.1, -0.05) is 35.9 Å². The summed E-state index contributed by atoms with van der Waals surface area (Å²) in [5.41, 5.74) is 3.49. The highest BCUT2D eigenvalue weighted by molar-refractivity contribution is 7.98. The van der Waals surface area contributed by atoms with E-state index in [1.54, 1.807) is 11.8 Å². The molecule has 2 aromatic rings. The van der Waals surface area contributed by atoms with E-state index in [0.29, 0.717) is 0 Å². The van der Waals surface area contributed by atoms with Crippen molar-refractivity contribution in [1.82, 2.24) is 0 Å². The van der Waals surface area contributed by atoms with Crippen LogP contribution in [-0.2, 0) is 0 Å². The predicted molar refractivity (Wildman–Crippen MR) is 73.4 cm³/mol. The predicted octanol–water partition coefficient (Wildman–Crippen LogP) is 5.04. The lowest BCUT2D eigenvalue weighted by Crippen LogP contribution is -1.80. The van der Waals surface area contributed by atoms with Crippen LogP contribution in [0.3, 0.4) is 0 Å². The molecule has 0 amide bonds. The Hall–Kier alpha value is -0.920. The molecule has 0 nitrogen and oxygen atoms in total. The van der Waals surface area contributed by atoms with E-state index in [2.05, 4.69) is 42.7 Å². The van der Waals surface area contributed by atoms with Crippen molar-refractivity contribution in [3.05, 3.63) is 53.1 Å². The van der Waals surface area contributed by atoms with Crippen molar-refractivity contribution in [3.63, 3.8) is 0 Å². The number of hydrogen-bond acceptors (Lipinski definition) is 1. The molecule has 0 unspecified atom stereocenters. The maximum Gasteiger partial charge on any atom is 0.0441 e.